The molecular weight excluding hydrogens is 236 g/mol. The molecule has 2 rings (SSSR count). The Labute approximate surface area is 114 Å². The van der Waals surface area contributed by atoms with Crippen LogP contribution >= 0.6 is 0 Å². The van der Waals surface area contributed by atoms with Crippen molar-refractivity contribution in [3.05, 3.63) is 54.1 Å². The maximum atomic E-state index is 11.6. The smallest absolute Gasteiger partial charge is 0.162 e. The minimum absolute atomic E-state index is 0.171. The van der Waals surface area contributed by atoms with Crippen LogP contribution in [0.25, 0.3) is 11.1 Å². The molecule has 98 valence electrons. The second kappa shape index (κ2) is 6.19. The van der Waals surface area contributed by atoms with Gasteiger partial charge in [-0.1, -0.05) is 49.4 Å². The summed E-state index contributed by atoms with van der Waals surface area (Å²) in [6, 6.07) is 15.6. The highest BCUT2D eigenvalue weighted by atomic mass is 16.5. The molecule has 0 bridgehead atoms. The summed E-state index contributed by atoms with van der Waals surface area (Å²) < 4.78 is 5.62. The lowest BCUT2D eigenvalue weighted by molar-refractivity contribution is 0.0988. The second-order valence-corrected chi connectivity index (χ2v) is 4.28. The molecule has 0 spiro atoms. The van der Waals surface area contributed by atoms with Gasteiger partial charge in [-0.15, -0.1) is 0 Å². The summed E-state index contributed by atoms with van der Waals surface area (Å²) in [7, 11) is 0. The Morgan fingerprint density at radius 2 is 1.68 bits per heavy atom. The lowest BCUT2D eigenvalue weighted by atomic mass is 10.0. The molecule has 2 aromatic rings. The van der Waals surface area contributed by atoms with Gasteiger partial charge in [0.15, 0.2) is 5.78 Å². The first-order valence-corrected chi connectivity index (χ1v) is 6.61. The SMILES string of the molecule is CCOc1ccccc1-c1ccc(C(=O)CC)cc1. The molecule has 0 heterocycles. The quantitative estimate of drug-likeness (QED) is 0.742. The maximum absolute atomic E-state index is 11.6. The monoisotopic (exact) mass is 254 g/mol. The molecule has 0 atom stereocenters. The molecule has 0 radical (unpaired) electrons. The van der Waals surface area contributed by atoms with E-state index < -0.39 is 0 Å². The highest BCUT2D eigenvalue weighted by Gasteiger charge is 2.07. The predicted octanol–water partition coefficient (Wildman–Crippen LogP) is 4.35. The molecule has 0 aromatic heterocycles. The van der Waals surface area contributed by atoms with Crippen LogP contribution in [0, 0.1) is 0 Å². The summed E-state index contributed by atoms with van der Waals surface area (Å²) >= 11 is 0. The van der Waals surface area contributed by atoms with Crippen LogP contribution in [0.4, 0.5) is 0 Å². The molecule has 2 nitrogen and oxygen atoms in total. The number of carbonyl (C=O) groups excluding carboxylic acids is 1. The third-order valence-electron chi connectivity index (χ3n) is 3.03. The molecule has 0 saturated heterocycles. The Bertz CT molecular complexity index is 556. The van der Waals surface area contributed by atoms with Crippen molar-refractivity contribution >= 4 is 5.78 Å². The normalized spacial score (nSPS) is 10.2. The van der Waals surface area contributed by atoms with Crippen LogP contribution in [0.1, 0.15) is 30.6 Å². The Morgan fingerprint density at radius 3 is 2.32 bits per heavy atom. The van der Waals surface area contributed by atoms with Crippen molar-refractivity contribution in [1.82, 2.24) is 0 Å². The molecule has 0 saturated carbocycles. The van der Waals surface area contributed by atoms with E-state index >= 15 is 0 Å². The van der Waals surface area contributed by atoms with Crippen LogP contribution < -0.4 is 4.74 Å². The molecule has 0 unspecified atom stereocenters. The molecular formula is C17H18O2. The van der Waals surface area contributed by atoms with E-state index in [1.54, 1.807) is 0 Å². The van der Waals surface area contributed by atoms with Crippen LogP contribution in [-0.4, -0.2) is 12.4 Å². The zero-order chi connectivity index (χ0) is 13.7. The van der Waals surface area contributed by atoms with Gasteiger partial charge in [-0.3, -0.25) is 4.79 Å². The van der Waals surface area contributed by atoms with Crippen LogP contribution in [0.5, 0.6) is 5.75 Å². The topological polar surface area (TPSA) is 26.3 Å². The number of carbonyl (C=O) groups is 1. The van der Waals surface area contributed by atoms with Gasteiger partial charge in [-0.25, -0.2) is 0 Å². The minimum Gasteiger partial charge on any atom is -0.493 e. The van der Waals surface area contributed by atoms with Crippen molar-refractivity contribution in [2.75, 3.05) is 6.61 Å². The molecule has 0 aliphatic carbocycles. The summed E-state index contributed by atoms with van der Waals surface area (Å²) in [5.41, 5.74) is 2.89. The summed E-state index contributed by atoms with van der Waals surface area (Å²) in [4.78, 5) is 11.6. The highest BCUT2D eigenvalue weighted by molar-refractivity contribution is 5.96. The number of hydrogen-bond acceptors (Lipinski definition) is 2. The molecule has 0 N–H and O–H groups in total. The van der Waals surface area contributed by atoms with Gasteiger partial charge in [-0.05, 0) is 18.6 Å². The van der Waals surface area contributed by atoms with Gasteiger partial charge >= 0.3 is 0 Å². The number of rotatable bonds is 5. The van der Waals surface area contributed by atoms with E-state index in [-0.39, 0.29) is 5.78 Å². The van der Waals surface area contributed by atoms with E-state index in [2.05, 4.69) is 0 Å². The molecule has 19 heavy (non-hydrogen) atoms. The largest absolute Gasteiger partial charge is 0.493 e. The van der Waals surface area contributed by atoms with Gasteiger partial charge in [0.2, 0.25) is 0 Å². The molecule has 0 fully saturated rings. The van der Waals surface area contributed by atoms with Crippen molar-refractivity contribution < 1.29 is 9.53 Å². The summed E-state index contributed by atoms with van der Waals surface area (Å²) in [5.74, 6) is 1.05. The van der Waals surface area contributed by atoms with E-state index in [1.807, 2.05) is 62.4 Å². The van der Waals surface area contributed by atoms with E-state index in [0.29, 0.717) is 13.0 Å². The number of hydrogen-bond donors (Lipinski definition) is 0. The first-order chi connectivity index (χ1) is 9.26. The third-order valence-corrected chi connectivity index (χ3v) is 3.03. The van der Waals surface area contributed by atoms with Gasteiger partial charge in [0.05, 0.1) is 6.61 Å². The predicted molar refractivity (Wildman–Crippen MR) is 77.7 cm³/mol. The number of ketones is 1. The standard InChI is InChI=1S/C17H18O2/c1-3-16(18)14-11-9-13(10-12-14)15-7-5-6-8-17(15)19-4-2/h5-12H,3-4H2,1-2H3. The summed E-state index contributed by atoms with van der Waals surface area (Å²) in [5, 5.41) is 0. The van der Waals surface area contributed by atoms with Crippen LogP contribution in [-0.2, 0) is 0 Å². The van der Waals surface area contributed by atoms with E-state index in [0.717, 1.165) is 22.4 Å². The Kier molecular flexibility index (Phi) is 4.35. The Balaban J connectivity index is 2.34. The first kappa shape index (κ1) is 13.3. The van der Waals surface area contributed by atoms with Gasteiger partial charge in [-0.2, -0.15) is 0 Å². The number of ether oxygens (including phenoxy) is 1. The van der Waals surface area contributed by atoms with Gasteiger partial charge in [0.25, 0.3) is 0 Å². The average molecular weight is 254 g/mol. The fourth-order valence-electron chi connectivity index (χ4n) is 2.03. The molecule has 0 aliphatic heterocycles. The zero-order valence-electron chi connectivity index (χ0n) is 11.3. The van der Waals surface area contributed by atoms with Gasteiger partial charge in [0.1, 0.15) is 5.75 Å². The lowest BCUT2D eigenvalue weighted by Gasteiger charge is -2.10. The summed E-state index contributed by atoms with van der Waals surface area (Å²) in [6.45, 7) is 4.49. The summed E-state index contributed by atoms with van der Waals surface area (Å²) in [6.07, 6.45) is 0.537. The van der Waals surface area contributed by atoms with Crippen molar-refractivity contribution in [1.29, 1.82) is 0 Å². The first-order valence-electron chi connectivity index (χ1n) is 6.61. The van der Waals surface area contributed by atoms with Crippen LogP contribution in [0.3, 0.4) is 0 Å². The minimum atomic E-state index is 0.171. The van der Waals surface area contributed by atoms with Crippen LogP contribution in [0.2, 0.25) is 0 Å². The molecule has 0 amide bonds. The fourth-order valence-corrected chi connectivity index (χ4v) is 2.03. The van der Waals surface area contributed by atoms with E-state index in [1.165, 1.54) is 0 Å². The van der Waals surface area contributed by atoms with Gasteiger partial charge in [0, 0.05) is 17.5 Å². The van der Waals surface area contributed by atoms with E-state index in [4.69, 9.17) is 4.74 Å². The fraction of sp³-hybridized carbons (Fsp3) is 0.235. The molecule has 0 aliphatic rings. The molecule has 2 heteroatoms. The lowest BCUT2D eigenvalue weighted by Crippen LogP contribution is -1.96. The Morgan fingerprint density at radius 1 is 1.00 bits per heavy atom. The van der Waals surface area contributed by atoms with Gasteiger partial charge < -0.3 is 4.74 Å². The van der Waals surface area contributed by atoms with Crippen molar-refractivity contribution in [3.8, 4) is 16.9 Å². The average Bonchev–Trinajstić information content (AvgIpc) is 2.47. The van der Waals surface area contributed by atoms with Crippen molar-refractivity contribution in [3.63, 3.8) is 0 Å². The zero-order valence-corrected chi connectivity index (χ0v) is 11.3. The maximum Gasteiger partial charge on any atom is 0.162 e. The van der Waals surface area contributed by atoms with Crippen LogP contribution in [0.15, 0.2) is 48.5 Å². The Hall–Kier alpha value is -2.09. The molecule has 2 aromatic carbocycles. The highest BCUT2D eigenvalue weighted by Crippen LogP contribution is 2.30. The van der Waals surface area contributed by atoms with Crippen molar-refractivity contribution in [2.45, 2.75) is 20.3 Å². The number of benzene rings is 2. The third kappa shape index (κ3) is 3.02. The number of Topliss-reactive ketones (excluding diaryl/α,β-unsaturated/α-hetero) is 1. The van der Waals surface area contributed by atoms with E-state index in [9.17, 15) is 4.79 Å². The van der Waals surface area contributed by atoms with Crippen molar-refractivity contribution in [2.24, 2.45) is 0 Å². The number of para-hydroxylation sites is 1. The second-order valence-electron chi connectivity index (χ2n) is 4.28.